The van der Waals surface area contributed by atoms with Crippen molar-refractivity contribution >= 4 is 22.6 Å². The van der Waals surface area contributed by atoms with Crippen LogP contribution in [0.1, 0.15) is 31.4 Å². The lowest BCUT2D eigenvalue weighted by atomic mass is 9.87. The molecule has 0 bridgehead atoms. The highest BCUT2D eigenvalue weighted by Crippen LogP contribution is 2.39. The summed E-state index contributed by atoms with van der Waals surface area (Å²) in [5.41, 5.74) is 1.28. The third-order valence-electron chi connectivity index (χ3n) is 3.46. The molecule has 17 heavy (non-hydrogen) atoms. The number of alkyl halides is 1. The number of hydrogen-bond acceptors (Lipinski definition) is 2. The SMILES string of the molecule is CC[C@H]1[C@@H](I)CCO[C@H]1c1ccc(OC)cc1. The standard InChI is InChI=1S/C14H19IO2/c1-3-12-13(15)8-9-17-14(12)10-4-6-11(16-2)7-5-10/h4-7,12-14H,3,8-9H2,1-2H3/t12-,13-,14-/m0/s1. The van der Waals surface area contributed by atoms with Gasteiger partial charge in [0, 0.05) is 16.4 Å². The van der Waals surface area contributed by atoms with Crippen molar-refractivity contribution < 1.29 is 9.47 Å². The van der Waals surface area contributed by atoms with E-state index in [-0.39, 0.29) is 6.10 Å². The molecule has 2 rings (SSSR count). The summed E-state index contributed by atoms with van der Waals surface area (Å²) in [4.78, 5) is 0. The van der Waals surface area contributed by atoms with Gasteiger partial charge in [-0.2, -0.15) is 0 Å². The van der Waals surface area contributed by atoms with Crippen molar-refractivity contribution in [3.8, 4) is 5.75 Å². The zero-order chi connectivity index (χ0) is 12.3. The van der Waals surface area contributed by atoms with E-state index < -0.39 is 0 Å². The van der Waals surface area contributed by atoms with Crippen molar-refractivity contribution in [2.45, 2.75) is 29.8 Å². The maximum Gasteiger partial charge on any atom is 0.118 e. The largest absolute Gasteiger partial charge is 0.497 e. The fourth-order valence-electron chi connectivity index (χ4n) is 2.44. The van der Waals surface area contributed by atoms with E-state index in [0.717, 1.165) is 16.3 Å². The van der Waals surface area contributed by atoms with E-state index >= 15 is 0 Å². The van der Waals surface area contributed by atoms with Crippen LogP contribution in [0, 0.1) is 5.92 Å². The van der Waals surface area contributed by atoms with E-state index in [0.29, 0.717) is 5.92 Å². The molecule has 0 aromatic heterocycles. The number of hydrogen-bond donors (Lipinski definition) is 0. The van der Waals surface area contributed by atoms with Crippen molar-refractivity contribution in [3.05, 3.63) is 29.8 Å². The third kappa shape index (κ3) is 2.94. The zero-order valence-corrected chi connectivity index (χ0v) is 12.5. The van der Waals surface area contributed by atoms with Crippen LogP contribution in [0.15, 0.2) is 24.3 Å². The lowest BCUT2D eigenvalue weighted by Crippen LogP contribution is -2.30. The predicted octanol–water partition coefficient (Wildman–Crippen LogP) is 3.99. The fourth-order valence-corrected chi connectivity index (χ4v) is 3.58. The zero-order valence-electron chi connectivity index (χ0n) is 10.4. The van der Waals surface area contributed by atoms with Gasteiger partial charge in [0.15, 0.2) is 0 Å². The Morgan fingerprint density at radius 1 is 1.35 bits per heavy atom. The first kappa shape index (κ1) is 13.1. The molecule has 0 N–H and O–H groups in total. The second kappa shape index (κ2) is 6.05. The lowest BCUT2D eigenvalue weighted by Gasteiger charge is -2.35. The molecule has 0 aliphatic carbocycles. The molecule has 3 atom stereocenters. The molecule has 1 saturated heterocycles. The van der Waals surface area contributed by atoms with Gasteiger partial charge in [-0.05, 0) is 30.5 Å². The summed E-state index contributed by atoms with van der Waals surface area (Å²) >= 11 is 2.57. The van der Waals surface area contributed by atoms with Crippen LogP contribution in [0.4, 0.5) is 0 Å². The molecule has 94 valence electrons. The Kier molecular flexibility index (Phi) is 4.68. The van der Waals surface area contributed by atoms with Gasteiger partial charge in [0.05, 0.1) is 13.2 Å². The summed E-state index contributed by atoms with van der Waals surface area (Å²) in [6, 6.07) is 8.28. The first-order valence-corrected chi connectivity index (χ1v) is 7.40. The summed E-state index contributed by atoms with van der Waals surface area (Å²) in [6.45, 7) is 3.13. The molecular formula is C14H19IO2. The molecule has 3 heteroatoms. The van der Waals surface area contributed by atoms with Crippen molar-refractivity contribution in [2.24, 2.45) is 5.92 Å². The molecular weight excluding hydrogens is 327 g/mol. The molecule has 0 saturated carbocycles. The fraction of sp³-hybridized carbons (Fsp3) is 0.571. The Morgan fingerprint density at radius 2 is 2.06 bits per heavy atom. The predicted molar refractivity (Wildman–Crippen MR) is 77.9 cm³/mol. The number of benzene rings is 1. The quantitative estimate of drug-likeness (QED) is 0.609. The van der Waals surface area contributed by atoms with E-state index in [9.17, 15) is 0 Å². The lowest BCUT2D eigenvalue weighted by molar-refractivity contribution is -0.0230. The minimum Gasteiger partial charge on any atom is -0.497 e. The molecule has 1 aliphatic rings. The molecule has 0 spiro atoms. The van der Waals surface area contributed by atoms with Crippen molar-refractivity contribution in [2.75, 3.05) is 13.7 Å². The van der Waals surface area contributed by atoms with E-state index in [2.05, 4.69) is 41.6 Å². The normalized spacial score (nSPS) is 29.0. The Morgan fingerprint density at radius 3 is 2.65 bits per heavy atom. The first-order valence-electron chi connectivity index (χ1n) is 6.16. The van der Waals surface area contributed by atoms with Crippen LogP contribution in [0.25, 0.3) is 0 Å². The number of methoxy groups -OCH3 is 1. The van der Waals surface area contributed by atoms with E-state index in [1.54, 1.807) is 7.11 Å². The highest BCUT2D eigenvalue weighted by Gasteiger charge is 2.32. The van der Waals surface area contributed by atoms with Crippen LogP contribution in [-0.4, -0.2) is 17.6 Å². The molecule has 1 fully saturated rings. The second-order valence-electron chi connectivity index (χ2n) is 4.44. The Bertz CT molecular complexity index is 350. The molecule has 0 radical (unpaired) electrons. The van der Waals surface area contributed by atoms with Gasteiger partial charge in [0.25, 0.3) is 0 Å². The van der Waals surface area contributed by atoms with Crippen molar-refractivity contribution in [1.29, 1.82) is 0 Å². The average molecular weight is 346 g/mol. The average Bonchev–Trinajstić information content (AvgIpc) is 2.38. The molecule has 0 unspecified atom stereocenters. The molecule has 1 aromatic rings. The number of ether oxygens (including phenoxy) is 2. The maximum atomic E-state index is 5.97. The Hall–Kier alpha value is -0.290. The van der Waals surface area contributed by atoms with Gasteiger partial charge < -0.3 is 9.47 Å². The second-order valence-corrected chi connectivity index (χ2v) is 6.04. The smallest absolute Gasteiger partial charge is 0.118 e. The third-order valence-corrected chi connectivity index (χ3v) is 5.01. The van der Waals surface area contributed by atoms with Gasteiger partial charge in [-0.25, -0.2) is 0 Å². The van der Waals surface area contributed by atoms with Crippen LogP contribution in [-0.2, 0) is 4.74 Å². The summed E-state index contributed by atoms with van der Waals surface area (Å²) < 4.78 is 11.9. The van der Waals surface area contributed by atoms with Crippen LogP contribution < -0.4 is 4.74 Å². The van der Waals surface area contributed by atoms with Crippen molar-refractivity contribution in [3.63, 3.8) is 0 Å². The molecule has 2 nitrogen and oxygen atoms in total. The molecule has 1 heterocycles. The van der Waals surface area contributed by atoms with Gasteiger partial charge in [-0.3, -0.25) is 0 Å². The number of rotatable bonds is 3. The van der Waals surface area contributed by atoms with Gasteiger partial charge in [0.1, 0.15) is 5.75 Å². The van der Waals surface area contributed by atoms with Gasteiger partial charge in [-0.15, -0.1) is 0 Å². The van der Waals surface area contributed by atoms with Crippen LogP contribution in [0.2, 0.25) is 0 Å². The van der Waals surface area contributed by atoms with E-state index in [1.807, 2.05) is 12.1 Å². The van der Waals surface area contributed by atoms with Gasteiger partial charge in [0.2, 0.25) is 0 Å². The summed E-state index contributed by atoms with van der Waals surface area (Å²) in [5.74, 6) is 1.53. The summed E-state index contributed by atoms with van der Waals surface area (Å²) in [5, 5.41) is 0. The van der Waals surface area contributed by atoms with Gasteiger partial charge in [-0.1, -0.05) is 41.6 Å². The van der Waals surface area contributed by atoms with Crippen molar-refractivity contribution in [1.82, 2.24) is 0 Å². The summed E-state index contributed by atoms with van der Waals surface area (Å²) in [7, 11) is 1.70. The molecule has 0 amide bonds. The minimum atomic E-state index is 0.251. The van der Waals surface area contributed by atoms with Crippen LogP contribution in [0.3, 0.4) is 0 Å². The van der Waals surface area contributed by atoms with Gasteiger partial charge >= 0.3 is 0 Å². The van der Waals surface area contributed by atoms with E-state index in [1.165, 1.54) is 18.4 Å². The van der Waals surface area contributed by atoms with Crippen LogP contribution >= 0.6 is 22.6 Å². The first-order chi connectivity index (χ1) is 8.26. The van der Waals surface area contributed by atoms with E-state index in [4.69, 9.17) is 9.47 Å². The molecule has 1 aliphatic heterocycles. The topological polar surface area (TPSA) is 18.5 Å². The number of halogens is 1. The highest BCUT2D eigenvalue weighted by atomic mass is 127. The summed E-state index contributed by atoms with van der Waals surface area (Å²) in [6.07, 6.45) is 2.59. The van der Waals surface area contributed by atoms with Crippen LogP contribution in [0.5, 0.6) is 5.75 Å². The Labute approximate surface area is 117 Å². The maximum absolute atomic E-state index is 5.97. The minimum absolute atomic E-state index is 0.251. The Balaban J connectivity index is 2.18. The monoisotopic (exact) mass is 346 g/mol. The molecule has 1 aromatic carbocycles. The highest BCUT2D eigenvalue weighted by molar-refractivity contribution is 14.1.